The summed E-state index contributed by atoms with van der Waals surface area (Å²) in [5, 5.41) is 27.4. The van der Waals surface area contributed by atoms with Crippen LogP contribution in [0, 0.1) is 16.0 Å². The number of hydrogen-bond acceptors (Lipinski definition) is 8. The topological polar surface area (TPSA) is 167 Å². The molecule has 63 heavy (non-hydrogen) atoms. The van der Waals surface area contributed by atoms with Gasteiger partial charge in [-0.15, -0.1) is 0 Å². The Labute approximate surface area is 366 Å². The first-order chi connectivity index (χ1) is 30.3. The minimum atomic E-state index is -2.67. The number of para-hydroxylation sites is 1. The second-order valence-electron chi connectivity index (χ2n) is 17.0. The molecule has 0 saturated carbocycles. The third-order valence-electron chi connectivity index (χ3n) is 12.9. The van der Waals surface area contributed by atoms with Crippen molar-refractivity contribution in [2.24, 2.45) is 5.92 Å². The summed E-state index contributed by atoms with van der Waals surface area (Å²) in [5.74, 6) is -0.589. The van der Waals surface area contributed by atoms with Gasteiger partial charge in [-0.1, -0.05) is 98.0 Å². The zero-order valence-electron chi connectivity index (χ0n) is 35.7. The molecule has 5 aromatic carbocycles. The molecule has 0 radical (unpaired) electrons. The predicted octanol–water partition coefficient (Wildman–Crippen LogP) is 7.44. The van der Waals surface area contributed by atoms with E-state index >= 15 is 4.79 Å². The Morgan fingerprint density at radius 2 is 1.68 bits per heavy atom. The lowest BCUT2D eigenvalue weighted by Gasteiger charge is -2.37. The molecule has 2 aliphatic heterocycles. The second-order valence-corrected chi connectivity index (χ2v) is 21.7. The number of amides is 3. The van der Waals surface area contributed by atoms with Gasteiger partial charge in [0.1, 0.15) is 5.75 Å². The number of carbonyl (C=O) groups excluding carboxylic acids is 3. The number of nitrogens with zero attached hydrogens (tertiary/aromatic N) is 3. The van der Waals surface area contributed by atoms with Gasteiger partial charge in [0.15, 0.2) is 5.60 Å². The van der Waals surface area contributed by atoms with Gasteiger partial charge < -0.3 is 34.7 Å². The van der Waals surface area contributed by atoms with Crippen molar-refractivity contribution in [3.05, 3.63) is 160 Å². The molecule has 1 fully saturated rings. The zero-order chi connectivity index (χ0) is 44.5. The van der Waals surface area contributed by atoms with Crippen LogP contribution in [-0.4, -0.2) is 72.1 Å². The van der Waals surface area contributed by atoms with Crippen LogP contribution in [-0.2, 0) is 44.2 Å². The van der Waals surface area contributed by atoms with Crippen LogP contribution in [0.2, 0.25) is 18.6 Å². The molecule has 13 nitrogen and oxygen atoms in total. The van der Waals surface area contributed by atoms with Crippen LogP contribution in [0.3, 0.4) is 0 Å². The van der Waals surface area contributed by atoms with E-state index in [9.17, 15) is 24.8 Å². The molecule has 0 unspecified atom stereocenters. The molecule has 324 valence electrons. The Hall–Kier alpha value is -6.61. The minimum Gasteiger partial charge on any atom is -0.497 e. The number of aliphatic hydroxyl groups excluding tert-OH is 1. The summed E-state index contributed by atoms with van der Waals surface area (Å²) in [6.45, 7) is 6.67. The third kappa shape index (κ3) is 8.24. The highest BCUT2D eigenvalue weighted by atomic mass is 28.3. The van der Waals surface area contributed by atoms with Crippen LogP contribution in [0.1, 0.15) is 35.6 Å². The van der Waals surface area contributed by atoms with E-state index in [-0.39, 0.29) is 68.0 Å². The summed E-state index contributed by atoms with van der Waals surface area (Å²) in [6, 6.07) is 37.0. The number of nitro benzene ring substituents is 1. The van der Waals surface area contributed by atoms with Crippen LogP contribution >= 0.6 is 0 Å². The fourth-order valence-electron chi connectivity index (χ4n) is 9.82. The fraction of sp³-hybridized carbons (Fsp3) is 0.286. The lowest BCUT2D eigenvalue weighted by atomic mass is 9.82. The molecule has 2 aliphatic rings. The molecule has 4 atom stereocenters. The van der Waals surface area contributed by atoms with Crippen LogP contribution in [0.5, 0.6) is 5.75 Å². The van der Waals surface area contributed by atoms with Crippen molar-refractivity contribution in [3.8, 4) is 5.75 Å². The number of ether oxygens (including phenoxy) is 2. The summed E-state index contributed by atoms with van der Waals surface area (Å²) >= 11 is 0. The molecule has 1 spiro atoms. The van der Waals surface area contributed by atoms with Gasteiger partial charge in [-0.2, -0.15) is 0 Å². The third-order valence-corrected chi connectivity index (χ3v) is 17.3. The Kier molecular flexibility index (Phi) is 12.1. The molecule has 6 aromatic rings. The van der Waals surface area contributed by atoms with Gasteiger partial charge in [-0.3, -0.25) is 24.5 Å². The molecule has 8 rings (SSSR count). The predicted molar refractivity (Wildman–Crippen MR) is 244 cm³/mol. The average Bonchev–Trinajstić information content (AvgIpc) is 3.90. The number of nitro groups is 1. The van der Waals surface area contributed by atoms with E-state index in [1.54, 1.807) is 35.1 Å². The maximum atomic E-state index is 15.4. The standard InChI is InChI=1S/C49H51N5O8Si/c1-32-47(63(3,4)39-21-19-38(61-2)20-22-39)44(28-46(57)52(24-25-55)30-33-10-6-5-7-11-33)62-49(32)41-27-37(54(59)60)18-23-43(41)53(48(49)58)31-34-14-16-36(17-15-34)51-45(56)26-35-29-50-42-13-9-8-12-40(35)42/h5-23,27,29,32,44,47,50,55H,24-26,28,30-31H2,1-4H3,(H,51,56)/t32-,44+,47-,49+/m1/s1. The van der Waals surface area contributed by atoms with Crippen molar-refractivity contribution < 1.29 is 33.9 Å². The van der Waals surface area contributed by atoms with Crippen LogP contribution in [0.25, 0.3) is 10.9 Å². The van der Waals surface area contributed by atoms with E-state index in [1.807, 2.05) is 104 Å². The smallest absolute Gasteiger partial charge is 0.269 e. The number of aromatic nitrogens is 1. The van der Waals surface area contributed by atoms with Crippen molar-refractivity contribution in [1.82, 2.24) is 9.88 Å². The van der Waals surface area contributed by atoms with E-state index in [2.05, 4.69) is 23.4 Å². The van der Waals surface area contributed by atoms with Gasteiger partial charge in [-0.25, -0.2) is 0 Å². The number of carbonyl (C=O) groups is 3. The molecule has 0 aliphatic carbocycles. The number of aromatic amines is 1. The lowest BCUT2D eigenvalue weighted by Crippen LogP contribution is -2.52. The van der Waals surface area contributed by atoms with Crippen molar-refractivity contribution >= 4 is 58.9 Å². The van der Waals surface area contributed by atoms with E-state index in [4.69, 9.17) is 9.47 Å². The van der Waals surface area contributed by atoms with Gasteiger partial charge in [0.2, 0.25) is 11.8 Å². The monoisotopic (exact) mass is 865 g/mol. The molecular formula is C49H51N5O8Si. The summed E-state index contributed by atoms with van der Waals surface area (Å²) in [7, 11) is -1.07. The maximum absolute atomic E-state index is 15.4. The minimum absolute atomic E-state index is 0.0682. The largest absolute Gasteiger partial charge is 0.497 e. The summed E-state index contributed by atoms with van der Waals surface area (Å²) in [5.41, 5.74) is 2.87. The number of hydrogen-bond donors (Lipinski definition) is 3. The number of methoxy groups -OCH3 is 1. The van der Waals surface area contributed by atoms with Gasteiger partial charge in [0.05, 0.1) is 57.9 Å². The van der Waals surface area contributed by atoms with Crippen molar-refractivity contribution in [3.63, 3.8) is 0 Å². The number of rotatable bonds is 15. The van der Waals surface area contributed by atoms with Crippen molar-refractivity contribution in [2.45, 2.75) is 63.2 Å². The highest BCUT2D eigenvalue weighted by Gasteiger charge is 2.66. The molecule has 1 saturated heterocycles. The van der Waals surface area contributed by atoms with Gasteiger partial charge in [0, 0.05) is 59.5 Å². The van der Waals surface area contributed by atoms with Crippen LogP contribution < -0.4 is 20.1 Å². The first-order valence-corrected chi connectivity index (χ1v) is 24.2. The Morgan fingerprint density at radius 1 is 0.968 bits per heavy atom. The summed E-state index contributed by atoms with van der Waals surface area (Å²) in [6.07, 6.45) is 1.21. The van der Waals surface area contributed by atoms with Gasteiger partial charge in [-0.05, 0) is 58.6 Å². The number of fused-ring (bicyclic) bond motifs is 3. The fourth-order valence-corrected chi connectivity index (χ4v) is 13.8. The second kappa shape index (κ2) is 17.6. The Bertz CT molecular complexity index is 2650. The maximum Gasteiger partial charge on any atom is 0.269 e. The SMILES string of the molecule is COc1ccc([Si](C)(C)[C@H]2[C@H](CC(=O)N(CCO)Cc3ccccc3)O[C@@]3(C(=O)N(Cc4ccc(NC(=O)Cc5c[nH]c6ccccc56)cc4)c4ccc([N+](=O)[O-])cc43)[C@@H]2C)cc1. The molecule has 0 bridgehead atoms. The number of benzene rings is 5. The van der Waals surface area contributed by atoms with E-state index in [0.29, 0.717) is 22.7 Å². The number of non-ortho nitro benzene ring substituents is 1. The van der Waals surface area contributed by atoms with Crippen molar-refractivity contribution in [2.75, 3.05) is 30.5 Å². The number of anilines is 2. The van der Waals surface area contributed by atoms with E-state index in [1.165, 1.54) is 12.1 Å². The van der Waals surface area contributed by atoms with E-state index in [0.717, 1.165) is 32.8 Å². The summed E-state index contributed by atoms with van der Waals surface area (Å²) < 4.78 is 12.6. The molecule has 14 heteroatoms. The van der Waals surface area contributed by atoms with Crippen LogP contribution in [0.15, 0.2) is 128 Å². The molecule has 3 amide bonds. The van der Waals surface area contributed by atoms with E-state index < -0.39 is 30.6 Å². The van der Waals surface area contributed by atoms with Crippen LogP contribution in [0.4, 0.5) is 17.1 Å². The number of H-pyrrole nitrogens is 1. The first kappa shape index (κ1) is 43.1. The first-order valence-electron chi connectivity index (χ1n) is 21.1. The molecule has 1 aromatic heterocycles. The average molecular weight is 866 g/mol. The number of nitrogens with one attached hydrogen (secondary N) is 2. The Morgan fingerprint density at radius 3 is 2.38 bits per heavy atom. The van der Waals surface area contributed by atoms with Gasteiger partial charge in [0.25, 0.3) is 11.6 Å². The highest BCUT2D eigenvalue weighted by Crippen LogP contribution is 2.60. The van der Waals surface area contributed by atoms with Crippen molar-refractivity contribution in [1.29, 1.82) is 0 Å². The molecule has 3 N–H and O–H groups in total. The number of aliphatic hydroxyl groups is 1. The highest BCUT2D eigenvalue weighted by molar-refractivity contribution is 6.91. The lowest BCUT2D eigenvalue weighted by molar-refractivity contribution is -0.385. The Balaban J connectivity index is 1.11. The normalized spacial score (nSPS) is 19.3. The zero-order valence-corrected chi connectivity index (χ0v) is 36.7. The molecule has 3 heterocycles. The summed E-state index contributed by atoms with van der Waals surface area (Å²) in [4.78, 5) is 61.2. The quantitative estimate of drug-likeness (QED) is 0.0544. The molecular weight excluding hydrogens is 815 g/mol. The van der Waals surface area contributed by atoms with Gasteiger partial charge >= 0.3 is 0 Å².